The Balaban J connectivity index is 1.90. The van der Waals surface area contributed by atoms with Crippen LogP contribution in [0.25, 0.3) is 0 Å². The molecule has 2 amide bonds. The number of hydrogen-bond donors (Lipinski definition) is 0. The molecule has 11 heteroatoms. The molecule has 0 radical (unpaired) electrons. The Morgan fingerprint density at radius 3 is 1.41 bits per heavy atom. The first-order valence-electron chi connectivity index (χ1n) is 9.58. The maximum atomic E-state index is 12.1. The molecule has 0 aliphatic carbocycles. The molecule has 0 spiro atoms. The Bertz CT molecular complexity index is 939. The highest BCUT2D eigenvalue weighted by atomic mass is 16.9. The highest BCUT2D eigenvalue weighted by Crippen LogP contribution is 2.21. The van der Waals surface area contributed by atoms with Gasteiger partial charge in [-0.2, -0.15) is 4.79 Å². The fourth-order valence-electron chi connectivity index (χ4n) is 2.31. The Hall–Kier alpha value is -4.15. The van der Waals surface area contributed by atoms with Crippen molar-refractivity contribution in [3.05, 3.63) is 59.7 Å². The molecule has 32 heavy (non-hydrogen) atoms. The summed E-state index contributed by atoms with van der Waals surface area (Å²) in [6.45, 7) is 7.21. The predicted molar refractivity (Wildman–Crippen MR) is 110 cm³/mol. The van der Waals surface area contributed by atoms with E-state index >= 15 is 0 Å². The summed E-state index contributed by atoms with van der Waals surface area (Å²) < 4.78 is 11.0. The summed E-state index contributed by atoms with van der Waals surface area (Å²) in [6, 6.07) is 12.8. The molecule has 11 nitrogen and oxygen atoms in total. The summed E-state index contributed by atoms with van der Waals surface area (Å²) in [5, 5.41) is 12.5. The topological polar surface area (TPSA) is 138 Å². The van der Waals surface area contributed by atoms with Gasteiger partial charge in [0.15, 0.2) is 0 Å². The van der Waals surface area contributed by atoms with E-state index in [1.165, 1.54) is 12.1 Å². The Morgan fingerprint density at radius 2 is 1.03 bits per heavy atom. The van der Waals surface area contributed by atoms with Gasteiger partial charge >= 0.3 is 18.0 Å². The van der Waals surface area contributed by atoms with E-state index in [0.29, 0.717) is 11.5 Å². The molecule has 0 saturated heterocycles. The molecule has 2 rings (SSSR count). The quantitative estimate of drug-likeness (QED) is 0.408. The Labute approximate surface area is 184 Å². The van der Waals surface area contributed by atoms with Crippen molar-refractivity contribution in [2.24, 2.45) is 20.8 Å². The van der Waals surface area contributed by atoms with Crippen molar-refractivity contribution in [2.45, 2.75) is 39.9 Å². The summed E-state index contributed by atoms with van der Waals surface area (Å²) in [6.07, 6.45) is -1.77. The number of rotatable bonds is 8. The fraction of sp³-hybridized carbons (Fsp3) is 0.286. The van der Waals surface area contributed by atoms with Crippen LogP contribution in [0, 0.1) is 0 Å². The van der Waals surface area contributed by atoms with Gasteiger partial charge in [0.05, 0.1) is 23.3 Å². The summed E-state index contributed by atoms with van der Waals surface area (Å²) in [4.78, 5) is 44.3. The first kappa shape index (κ1) is 24.1. The Kier molecular flexibility index (Phi) is 8.96. The van der Waals surface area contributed by atoms with Crippen LogP contribution in [-0.2, 0) is 9.68 Å². The summed E-state index contributed by atoms with van der Waals surface area (Å²) >= 11 is 0. The average molecular weight is 442 g/mol. The van der Waals surface area contributed by atoms with Gasteiger partial charge in [0.2, 0.25) is 0 Å². The molecular formula is C21H22N4O7. The van der Waals surface area contributed by atoms with Crippen LogP contribution in [0.15, 0.2) is 69.3 Å². The minimum absolute atomic E-state index is 0.134. The second-order valence-electron chi connectivity index (χ2n) is 6.73. The van der Waals surface area contributed by atoms with E-state index in [4.69, 9.17) is 9.47 Å². The second kappa shape index (κ2) is 11.9. The highest BCUT2D eigenvalue weighted by molar-refractivity contribution is 5.97. The van der Waals surface area contributed by atoms with Crippen LogP contribution in [0.2, 0.25) is 0 Å². The second-order valence-corrected chi connectivity index (χ2v) is 6.73. The van der Waals surface area contributed by atoms with E-state index in [2.05, 4.69) is 30.5 Å². The molecule has 2 aromatic rings. The van der Waals surface area contributed by atoms with Crippen molar-refractivity contribution in [3.8, 4) is 11.5 Å². The van der Waals surface area contributed by atoms with Gasteiger partial charge in [-0.25, -0.2) is 0 Å². The molecule has 0 bridgehead atoms. The smallest absolute Gasteiger partial charge is 0.490 e. The number of amides is 2. The van der Waals surface area contributed by atoms with Crippen molar-refractivity contribution >= 4 is 18.0 Å². The number of para-hydroxylation sites is 2. The normalized spacial score (nSPS) is 11.2. The number of nitrogens with zero attached hydrogens (tertiary/aromatic N) is 4. The maximum absolute atomic E-state index is 12.1. The van der Waals surface area contributed by atoms with Crippen LogP contribution < -0.4 is 9.47 Å². The standard InChI is InChI=1S/C21H22N4O7/c1-13(2)29-17-11-7-5-9-15(17)19(26)22-24-31-21(28)32-25-23-20(27)16-10-6-8-12-18(16)30-14(3)4/h5-14H,1-4H3. The maximum Gasteiger partial charge on any atom is 0.565 e. The zero-order valence-corrected chi connectivity index (χ0v) is 17.9. The van der Waals surface area contributed by atoms with Gasteiger partial charge in [0, 0.05) is 10.6 Å². The fourth-order valence-corrected chi connectivity index (χ4v) is 2.31. The minimum Gasteiger partial charge on any atom is -0.490 e. The van der Waals surface area contributed by atoms with E-state index in [-0.39, 0.29) is 23.3 Å². The van der Waals surface area contributed by atoms with E-state index < -0.39 is 18.0 Å². The van der Waals surface area contributed by atoms with Crippen molar-refractivity contribution in [2.75, 3.05) is 0 Å². The Morgan fingerprint density at radius 1 is 0.656 bits per heavy atom. The predicted octanol–water partition coefficient (Wildman–Crippen LogP) is 5.13. The van der Waals surface area contributed by atoms with Gasteiger partial charge in [0.25, 0.3) is 0 Å². The van der Waals surface area contributed by atoms with Crippen LogP contribution in [0.4, 0.5) is 4.79 Å². The van der Waals surface area contributed by atoms with Gasteiger partial charge in [-0.1, -0.05) is 34.5 Å². The van der Waals surface area contributed by atoms with Gasteiger partial charge in [-0.3, -0.25) is 19.3 Å². The first-order valence-corrected chi connectivity index (χ1v) is 9.58. The summed E-state index contributed by atoms with van der Waals surface area (Å²) in [7, 11) is 0. The lowest BCUT2D eigenvalue weighted by molar-refractivity contribution is 0.0450. The molecular weight excluding hydrogens is 420 g/mol. The molecule has 0 aromatic heterocycles. The average Bonchev–Trinajstić information content (AvgIpc) is 2.73. The molecule has 0 aliphatic heterocycles. The zero-order chi connectivity index (χ0) is 23.5. The molecule has 0 atom stereocenters. The molecule has 0 heterocycles. The van der Waals surface area contributed by atoms with Crippen LogP contribution in [0.3, 0.4) is 0 Å². The van der Waals surface area contributed by atoms with Crippen molar-refractivity contribution < 1.29 is 33.5 Å². The van der Waals surface area contributed by atoms with E-state index in [1.807, 2.05) is 0 Å². The van der Waals surface area contributed by atoms with E-state index in [0.717, 1.165) is 0 Å². The summed E-state index contributed by atoms with van der Waals surface area (Å²) in [5.74, 6) is -0.980. The van der Waals surface area contributed by atoms with Crippen molar-refractivity contribution in [3.63, 3.8) is 0 Å². The molecule has 0 saturated carbocycles. The zero-order valence-electron chi connectivity index (χ0n) is 17.9. The SMILES string of the molecule is CC(C)Oc1ccccc1C(=O)N=NOC(=O)ON=NC(=O)c1ccccc1OC(C)C. The third-order valence-corrected chi connectivity index (χ3v) is 3.45. The third kappa shape index (κ3) is 7.59. The monoisotopic (exact) mass is 442 g/mol. The van der Waals surface area contributed by atoms with Gasteiger partial charge in [-0.15, -0.1) is 0 Å². The first-order chi connectivity index (χ1) is 15.3. The van der Waals surface area contributed by atoms with E-state index in [9.17, 15) is 14.4 Å². The third-order valence-electron chi connectivity index (χ3n) is 3.45. The van der Waals surface area contributed by atoms with Crippen molar-refractivity contribution in [1.29, 1.82) is 0 Å². The molecule has 168 valence electrons. The van der Waals surface area contributed by atoms with Gasteiger partial charge in [-0.05, 0) is 52.0 Å². The molecule has 0 aliphatic rings. The molecule has 0 N–H and O–H groups in total. The highest BCUT2D eigenvalue weighted by Gasteiger charge is 2.15. The number of ether oxygens (including phenoxy) is 2. The van der Waals surface area contributed by atoms with E-state index in [1.54, 1.807) is 64.1 Å². The van der Waals surface area contributed by atoms with Crippen LogP contribution in [0.5, 0.6) is 11.5 Å². The van der Waals surface area contributed by atoms with Crippen LogP contribution in [-0.4, -0.2) is 30.2 Å². The molecule has 0 fully saturated rings. The van der Waals surface area contributed by atoms with Crippen molar-refractivity contribution in [1.82, 2.24) is 0 Å². The molecule has 2 aromatic carbocycles. The lowest BCUT2D eigenvalue weighted by Crippen LogP contribution is -2.09. The number of benzene rings is 2. The number of carbonyl (C=O) groups excluding carboxylic acids is 3. The van der Waals surface area contributed by atoms with Gasteiger partial charge in [0.1, 0.15) is 11.5 Å². The van der Waals surface area contributed by atoms with Gasteiger partial charge < -0.3 is 9.47 Å². The lowest BCUT2D eigenvalue weighted by Gasteiger charge is -2.11. The van der Waals surface area contributed by atoms with Crippen LogP contribution >= 0.6 is 0 Å². The number of hydrogen-bond acceptors (Lipinski definition) is 9. The van der Waals surface area contributed by atoms with Crippen LogP contribution in [0.1, 0.15) is 48.4 Å². The minimum atomic E-state index is -1.45. The lowest BCUT2D eigenvalue weighted by atomic mass is 10.2. The largest absolute Gasteiger partial charge is 0.565 e. The number of carbonyl (C=O) groups is 3. The summed E-state index contributed by atoms with van der Waals surface area (Å²) in [5.41, 5.74) is 0.268. The molecule has 0 unspecified atom stereocenters.